The Labute approximate surface area is 175 Å². The van der Waals surface area contributed by atoms with Gasteiger partial charge >= 0.3 is 0 Å². The number of phenolic OH excluding ortho intramolecular Hbond substituents is 2. The van der Waals surface area contributed by atoms with E-state index in [1.807, 2.05) is 0 Å². The molecule has 1 heterocycles. The van der Waals surface area contributed by atoms with Crippen molar-refractivity contribution in [2.75, 3.05) is 19.5 Å². The van der Waals surface area contributed by atoms with Crippen LogP contribution in [0.25, 0.3) is 22.5 Å². The average molecular weight is 454 g/mol. The lowest BCUT2D eigenvalue weighted by atomic mass is 9.98. The largest absolute Gasteiger partial charge is 0.507 e. The monoisotopic (exact) mass is 453 g/mol. The van der Waals surface area contributed by atoms with Crippen molar-refractivity contribution in [2.24, 2.45) is 0 Å². The second kappa shape index (κ2) is 8.33. The molecule has 0 aliphatic rings. The third kappa shape index (κ3) is 4.24. The minimum Gasteiger partial charge on any atom is -0.507 e. The van der Waals surface area contributed by atoms with Crippen molar-refractivity contribution in [3.05, 3.63) is 47.1 Å². The van der Waals surface area contributed by atoms with Crippen LogP contribution in [0.3, 0.4) is 0 Å². The third-order valence-corrected chi connectivity index (χ3v) is 5.60. The Morgan fingerprint density at radius 3 is 2.47 bits per heavy atom. The normalized spacial score (nSPS) is 11.4. The van der Waals surface area contributed by atoms with Gasteiger partial charge in [0.15, 0.2) is 21.3 Å². The number of halogens is 2. The molecule has 0 radical (unpaired) electrons. The number of hydrogen-bond acceptors (Lipinski definition) is 7. The molecule has 0 bridgehead atoms. The second-order valence-corrected chi connectivity index (χ2v) is 8.72. The number of aromatic nitrogens is 1. The zero-order valence-electron chi connectivity index (χ0n) is 15.5. The van der Waals surface area contributed by atoms with Gasteiger partial charge in [0, 0.05) is 18.9 Å². The summed E-state index contributed by atoms with van der Waals surface area (Å²) in [6.45, 7) is -1.03. The first-order chi connectivity index (χ1) is 14.1. The Kier molecular flexibility index (Phi) is 5.99. The summed E-state index contributed by atoms with van der Waals surface area (Å²) in [4.78, 5) is 12.5. The van der Waals surface area contributed by atoms with Crippen molar-refractivity contribution in [3.8, 4) is 33.9 Å². The summed E-state index contributed by atoms with van der Waals surface area (Å²) in [6.07, 6.45) is 1.05. The Balaban J connectivity index is 2.21. The lowest BCUT2D eigenvalue weighted by Crippen LogP contribution is -2.26. The molecule has 2 aromatic carbocycles. The van der Waals surface area contributed by atoms with Crippen LogP contribution >= 0.6 is 11.6 Å². The van der Waals surface area contributed by atoms with Crippen LogP contribution in [0.4, 0.5) is 4.39 Å². The summed E-state index contributed by atoms with van der Waals surface area (Å²) in [6, 6.07) is 7.79. The van der Waals surface area contributed by atoms with Crippen LogP contribution in [0, 0.1) is 0 Å². The molecule has 11 heteroatoms. The summed E-state index contributed by atoms with van der Waals surface area (Å²) < 4.78 is 41.2. The number of alkyl halides is 1. The van der Waals surface area contributed by atoms with Gasteiger partial charge in [0.25, 0.3) is 5.91 Å². The van der Waals surface area contributed by atoms with Crippen molar-refractivity contribution < 1.29 is 32.3 Å². The van der Waals surface area contributed by atoms with Crippen molar-refractivity contribution in [1.82, 2.24) is 10.5 Å². The zero-order chi connectivity index (χ0) is 22.1. The quantitative estimate of drug-likeness (QED) is 0.522. The highest BCUT2D eigenvalue weighted by atomic mass is 35.5. The van der Waals surface area contributed by atoms with Crippen LogP contribution in [0.15, 0.2) is 45.8 Å². The highest BCUT2D eigenvalue weighted by Crippen LogP contribution is 2.42. The number of benzene rings is 2. The Morgan fingerprint density at radius 1 is 1.20 bits per heavy atom. The SMILES string of the molecule is CS(=O)(=O)c1ccc(-c2c(C(=O)NCC[18F])noc2-c2cc(Cl)c(O)cc2O)cc1. The van der Waals surface area contributed by atoms with Crippen LogP contribution in [-0.4, -0.2) is 49.2 Å². The van der Waals surface area contributed by atoms with Gasteiger partial charge in [0.05, 0.1) is 21.0 Å². The van der Waals surface area contributed by atoms with Gasteiger partial charge in [0.2, 0.25) is 0 Å². The van der Waals surface area contributed by atoms with Gasteiger partial charge in [-0.3, -0.25) is 4.79 Å². The smallest absolute Gasteiger partial charge is 0.274 e. The first-order valence-corrected chi connectivity index (χ1v) is 10.8. The van der Waals surface area contributed by atoms with Crippen LogP contribution in [-0.2, 0) is 9.84 Å². The molecule has 0 atom stereocenters. The van der Waals surface area contributed by atoms with Gasteiger partial charge in [-0.2, -0.15) is 0 Å². The number of carbonyl (C=O) groups excluding carboxylic acids is 1. The molecule has 0 fully saturated rings. The molecule has 0 spiro atoms. The molecular formula is C19H16ClFN2O6S. The van der Waals surface area contributed by atoms with Crippen LogP contribution in [0.5, 0.6) is 11.5 Å². The fourth-order valence-corrected chi connectivity index (χ4v) is 3.54. The molecule has 8 nitrogen and oxygen atoms in total. The molecule has 0 saturated heterocycles. The minimum absolute atomic E-state index is 0.0389. The van der Waals surface area contributed by atoms with Gasteiger partial charge < -0.3 is 20.1 Å². The fourth-order valence-electron chi connectivity index (χ4n) is 2.74. The highest BCUT2D eigenvalue weighted by Gasteiger charge is 2.27. The van der Waals surface area contributed by atoms with E-state index in [2.05, 4.69) is 10.5 Å². The molecule has 158 valence electrons. The Hall–Kier alpha value is -3.11. The maximum Gasteiger partial charge on any atom is 0.274 e. The summed E-state index contributed by atoms with van der Waals surface area (Å²) in [5.41, 5.74) is 0.322. The minimum atomic E-state index is -3.45. The number of phenols is 2. The number of amides is 1. The Morgan fingerprint density at radius 2 is 1.87 bits per heavy atom. The van der Waals surface area contributed by atoms with E-state index >= 15 is 0 Å². The molecule has 3 aromatic rings. The Bertz CT molecular complexity index is 1210. The van der Waals surface area contributed by atoms with Crippen LogP contribution in [0.1, 0.15) is 10.5 Å². The topological polar surface area (TPSA) is 130 Å². The van der Waals surface area contributed by atoms with Gasteiger partial charge in [-0.25, -0.2) is 12.8 Å². The molecule has 1 aromatic heterocycles. The van der Waals surface area contributed by atoms with E-state index in [-0.39, 0.29) is 44.8 Å². The second-order valence-electron chi connectivity index (χ2n) is 6.30. The molecule has 1 amide bonds. The maximum atomic E-state index is 12.5. The number of aromatic hydroxyl groups is 2. The lowest BCUT2D eigenvalue weighted by molar-refractivity contribution is 0.0942. The van der Waals surface area contributed by atoms with Crippen LogP contribution in [0.2, 0.25) is 5.02 Å². The number of carbonyl (C=O) groups is 1. The fraction of sp³-hybridized carbons (Fsp3) is 0.158. The van der Waals surface area contributed by atoms with E-state index in [1.54, 1.807) is 0 Å². The average Bonchev–Trinajstić information content (AvgIpc) is 3.13. The number of hydrogen-bond donors (Lipinski definition) is 3. The van der Waals surface area contributed by atoms with E-state index < -0.39 is 28.2 Å². The third-order valence-electron chi connectivity index (χ3n) is 4.17. The molecule has 0 aliphatic heterocycles. The van der Waals surface area contributed by atoms with E-state index in [0.29, 0.717) is 5.56 Å². The number of nitrogens with one attached hydrogen (secondary N) is 1. The van der Waals surface area contributed by atoms with Gasteiger partial charge in [-0.15, -0.1) is 0 Å². The summed E-state index contributed by atoms with van der Waals surface area (Å²) in [5, 5.41) is 25.9. The number of nitrogens with zero attached hydrogens (tertiary/aromatic N) is 1. The van der Waals surface area contributed by atoms with Crippen molar-refractivity contribution >= 4 is 27.3 Å². The van der Waals surface area contributed by atoms with Gasteiger partial charge in [0.1, 0.15) is 18.2 Å². The maximum absolute atomic E-state index is 12.5. The van der Waals surface area contributed by atoms with Gasteiger partial charge in [-0.05, 0) is 23.8 Å². The molecule has 30 heavy (non-hydrogen) atoms. The highest BCUT2D eigenvalue weighted by molar-refractivity contribution is 7.90. The standard InChI is InChI=1S/C19H16ClFN2O6S/c1-30(27,28)11-4-2-10(3-5-11)16-17(19(26)22-7-6-21)23-29-18(16)12-8-13(20)15(25)9-14(12)24/h2-5,8-9,24-25H,6-7H2,1H3,(H,22,26)/i21-1. The number of sulfone groups is 1. The summed E-state index contributed by atoms with van der Waals surface area (Å²) in [5.74, 6) is -1.53. The van der Waals surface area contributed by atoms with E-state index in [9.17, 15) is 27.8 Å². The molecule has 0 unspecified atom stereocenters. The number of rotatable bonds is 6. The molecule has 0 aliphatic carbocycles. The first kappa shape index (κ1) is 21.6. The van der Waals surface area contributed by atoms with Crippen molar-refractivity contribution in [3.63, 3.8) is 0 Å². The molecule has 0 saturated carbocycles. The van der Waals surface area contributed by atoms with Crippen LogP contribution < -0.4 is 5.32 Å². The van der Waals surface area contributed by atoms with Crippen molar-refractivity contribution in [2.45, 2.75) is 4.90 Å². The summed E-state index contributed by atoms with van der Waals surface area (Å²) >= 11 is 5.93. The zero-order valence-corrected chi connectivity index (χ0v) is 17.1. The van der Waals surface area contributed by atoms with E-state index in [4.69, 9.17) is 16.1 Å². The first-order valence-electron chi connectivity index (χ1n) is 8.49. The predicted molar refractivity (Wildman–Crippen MR) is 107 cm³/mol. The van der Waals surface area contributed by atoms with Crippen molar-refractivity contribution in [1.29, 1.82) is 0 Å². The summed E-state index contributed by atoms with van der Waals surface area (Å²) in [7, 11) is -3.45. The predicted octanol–water partition coefficient (Wildman–Crippen LogP) is 3.18. The van der Waals surface area contributed by atoms with E-state index in [0.717, 1.165) is 12.3 Å². The lowest BCUT2D eigenvalue weighted by Gasteiger charge is -2.08. The molecule has 3 rings (SSSR count). The molecule has 3 N–H and O–H groups in total. The molecular weight excluding hydrogens is 438 g/mol. The van der Waals surface area contributed by atoms with E-state index in [1.165, 1.54) is 30.3 Å². The van der Waals surface area contributed by atoms with Gasteiger partial charge in [-0.1, -0.05) is 28.9 Å².